The van der Waals surface area contributed by atoms with Crippen LogP contribution in [-0.4, -0.2) is 14.2 Å². The molecule has 0 saturated carbocycles. The van der Waals surface area contributed by atoms with Gasteiger partial charge in [0.05, 0.1) is 14.2 Å². The van der Waals surface area contributed by atoms with Crippen molar-refractivity contribution >= 4 is 12.4 Å². The smallest absolute Gasteiger partial charge is 0.163 e. The molecule has 5 heteroatoms. The number of rotatable bonds is 5. The minimum atomic E-state index is -0.424. The van der Waals surface area contributed by atoms with Crippen LogP contribution >= 0.6 is 12.4 Å². The van der Waals surface area contributed by atoms with Crippen LogP contribution in [0.15, 0.2) is 24.3 Å². The van der Waals surface area contributed by atoms with Gasteiger partial charge in [-0.05, 0) is 19.4 Å². The third kappa shape index (κ3) is 3.89. The van der Waals surface area contributed by atoms with Crippen molar-refractivity contribution in [3.63, 3.8) is 0 Å². The SMILES string of the molecule is C=C(C)C[C@H](N)c1cc(OC)c(OC)cc1F.Cl. The van der Waals surface area contributed by atoms with E-state index in [2.05, 4.69) is 6.58 Å². The Hall–Kier alpha value is -1.26. The molecule has 0 radical (unpaired) electrons. The molecule has 0 spiro atoms. The maximum Gasteiger partial charge on any atom is 0.163 e. The lowest BCUT2D eigenvalue weighted by atomic mass is 10.00. The van der Waals surface area contributed by atoms with Crippen molar-refractivity contribution in [1.82, 2.24) is 0 Å². The van der Waals surface area contributed by atoms with Crippen molar-refractivity contribution in [2.45, 2.75) is 19.4 Å². The molecule has 0 amide bonds. The van der Waals surface area contributed by atoms with Crippen molar-refractivity contribution in [2.75, 3.05) is 14.2 Å². The van der Waals surface area contributed by atoms with Crippen molar-refractivity contribution in [2.24, 2.45) is 5.73 Å². The van der Waals surface area contributed by atoms with Crippen LogP contribution in [-0.2, 0) is 0 Å². The molecule has 0 saturated heterocycles. The van der Waals surface area contributed by atoms with Gasteiger partial charge in [-0.15, -0.1) is 19.0 Å². The Kier molecular flexibility index (Phi) is 6.73. The number of ether oxygens (including phenoxy) is 2. The standard InChI is InChI=1S/C13H18FNO2.ClH/c1-8(2)5-11(15)9-6-12(16-3)13(17-4)7-10(9)14;/h6-7,11H,1,5,15H2,2-4H3;1H/t11-;/m0./s1. The van der Waals surface area contributed by atoms with E-state index in [0.717, 1.165) is 5.57 Å². The number of halogens is 2. The van der Waals surface area contributed by atoms with E-state index in [9.17, 15) is 4.39 Å². The third-order valence-electron chi connectivity index (χ3n) is 2.47. The Balaban J connectivity index is 0.00000289. The maximum atomic E-state index is 13.8. The van der Waals surface area contributed by atoms with E-state index in [1.807, 2.05) is 6.92 Å². The Bertz CT molecular complexity index is 424. The van der Waals surface area contributed by atoms with E-state index in [0.29, 0.717) is 23.5 Å². The summed E-state index contributed by atoms with van der Waals surface area (Å²) in [6.45, 7) is 5.63. The van der Waals surface area contributed by atoms with E-state index in [1.54, 1.807) is 6.07 Å². The van der Waals surface area contributed by atoms with Crippen molar-refractivity contribution in [3.05, 3.63) is 35.7 Å². The quantitative estimate of drug-likeness (QED) is 0.839. The lowest BCUT2D eigenvalue weighted by Gasteiger charge is -2.16. The van der Waals surface area contributed by atoms with Gasteiger partial charge >= 0.3 is 0 Å². The summed E-state index contributed by atoms with van der Waals surface area (Å²) < 4.78 is 23.9. The number of nitrogens with two attached hydrogens (primary N) is 1. The molecule has 2 N–H and O–H groups in total. The fourth-order valence-electron chi connectivity index (χ4n) is 1.64. The molecule has 1 rings (SSSR count). The predicted molar refractivity (Wildman–Crippen MR) is 73.1 cm³/mol. The highest BCUT2D eigenvalue weighted by Gasteiger charge is 2.16. The summed E-state index contributed by atoms with van der Waals surface area (Å²) in [6.07, 6.45) is 0.534. The Labute approximate surface area is 113 Å². The van der Waals surface area contributed by atoms with Gasteiger partial charge in [0.15, 0.2) is 11.5 Å². The molecular formula is C13H19ClFNO2. The zero-order chi connectivity index (χ0) is 13.0. The molecule has 3 nitrogen and oxygen atoms in total. The molecule has 0 aromatic heterocycles. The van der Waals surface area contributed by atoms with Gasteiger partial charge in [0.25, 0.3) is 0 Å². The molecule has 1 aromatic carbocycles. The lowest BCUT2D eigenvalue weighted by molar-refractivity contribution is 0.351. The van der Waals surface area contributed by atoms with Crippen LogP contribution in [0.4, 0.5) is 4.39 Å². The fraction of sp³-hybridized carbons (Fsp3) is 0.385. The molecule has 1 atom stereocenters. The molecule has 0 aliphatic rings. The van der Waals surface area contributed by atoms with E-state index in [1.165, 1.54) is 20.3 Å². The first-order chi connectivity index (χ1) is 7.99. The van der Waals surface area contributed by atoms with Gasteiger partial charge in [-0.1, -0.05) is 5.57 Å². The van der Waals surface area contributed by atoms with Gasteiger partial charge in [0.1, 0.15) is 5.82 Å². The second kappa shape index (κ2) is 7.24. The summed E-state index contributed by atoms with van der Waals surface area (Å²) in [4.78, 5) is 0. The number of methoxy groups -OCH3 is 2. The topological polar surface area (TPSA) is 44.5 Å². The van der Waals surface area contributed by atoms with Crippen molar-refractivity contribution in [3.8, 4) is 11.5 Å². The van der Waals surface area contributed by atoms with Gasteiger partial charge in [0.2, 0.25) is 0 Å². The largest absolute Gasteiger partial charge is 0.493 e. The van der Waals surface area contributed by atoms with Crippen molar-refractivity contribution in [1.29, 1.82) is 0 Å². The van der Waals surface area contributed by atoms with Crippen LogP contribution in [0, 0.1) is 5.82 Å². The van der Waals surface area contributed by atoms with Crippen LogP contribution in [0.25, 0.3) is 0 Å². The molecule has 102 valence electrons. The summed E-state index contributed by atoms with van der Waals surface area (Å²) >= 11 is 0. The van der Waals surface area contributed by atoms with E-state index < -0.39 is 11.9 Å². The lowest BCUT2D eigenvalue weighted by Crippen LogP contribution is -2.13. The zero-order valence-electron chi connectivity index (χ0n) is 10.8. The summed E-state index contributed by atoms with van der Waals surface area (Å²) in [5.74, 6) is 0.439. The number of hydrogen-bond acceptors (Lipinski definition) is 3. The second-order valence-electron chi connectivity index (χ2n) is 4.00. The highest BCUT2D eigenvalue weighted by Crippen LogP contribution is 2.33. The van der Waals surface area contributed by atoms with Gasteiger partial charge < -0.3 is 15.2 Å². The first-order valence-electron chi connectivity index (χ1n) is 5.31. The highest BCUT2D eigenvalue weighted by molar-refractivity contribution is 5.85. The van der Waals surface area contributed by atoms with Crippen molar-refractivity contribution < 1.29 is 13.9 Å². The number of hydrogen-bond donors (Lipinski definition) is 1. The summed E-state index contributed by atoms with van der Waals surface area (Å²) in [5.41, 5.74) is 7.23. The molecule has 18 heavy (non-hydrogen) atoms. The molecule has 1 aromatic rings. The molecule has 0 aliphatic heterocycles. The number of benzene rings is 1. The molecule has 0 bridgehead atoms. The second-order valence-corrected chi connectivity index (χ2v) is 4.00. The van der Waals surface area contributed by atoms with Gasteiger partial charge in [0, 0.05) is 17.7 Å². The fourth-order valence-corrected chi connectivity index (χ4v) is 1.64. The average molecular weight is 276 g/mol. The molecule has 0 aliphatic carbocycles. The summed E-state index contributed by atoms with van der Waals surface area (Å²) in [7, 11) is 2.97. The van der Waals surface area contributed by atoms with Crippen LogP contribution < -0.4 is 15.2 Å². The maximum absolute atomic E-state index is 13.8. The minimum absolute atomic E-state index is 0. The average Bonchev–Trinajstić information content (AvgIpc) is 2.27. The van der Waals surface area contributed by atoms with Crippen LogP contribution in [0.5, 0.6) is 11.5 Å². The monoisotopic (exact) mass is 275 g/mol. The molecule has 0 fully saturated rings. The zero-order valence-corrected chi connectivity index (χ0v) is 11.6. The first kappa shape index (κ1) is 16.7. The summed E-state index contributed by atoms with van der Waals surface area (Å²) in [6, 6.07) is 2.43. The van der Waals surface area contributed by atoms with Crippen LogP contribution in [0.3, 0.4) is 0 Å². The molecule has 0 heterocycles. The normalized spacial score (nSPS) is 11.4. The van der Waals surface area contributed by atoms with Crippen LogP contribution in [0.1, 0.15) is 24.9 Å². The van der Waals surface area contributed by atoms with E-state index in [4.69, 9.17) is 15.2 Å². The molecular weight excluding hydrogens is 257 g/mol. The third-order valence-corrected chi connectivity index (χ3v) is 2.47. The van der Waals surface area contributed by atoms with Gasteiger partial charge in [-0.3, -0.25) is 0 Å². The van der Waals surface area contributed by atoms with Gasteiger partial charge in [-0.2, -0.15) is 0 Å². The van der Waals surface area contributed by atoms with E-state index >= 15 is 0 Å². The first-order valence-corrected chi connectivity index (χ1v) is 5.31. The molecule has 0 unspecified atom stereocenters. The Morgan fingerprint density at radius 3 is 2.28 bits per heavy atom. The van der Waals surface area contributed by atoms with Crippen LogP contribution in [0.2, 0.25) is 0 Å². The summed E-state index contributed by atoms with van der Waals surface area (Å²) in [5, 5.41) is 0. The van der Waals surface area contributed by atoms with Gasteiger partial charge in [-0.25, -0.2) is 4.39 Å². The minimum Gasteiger partial charge on any atom is -0.493 e. The Morgan fingerprint density at radius 1 is 1.33 bits per heavy atom. The van der Waals surface area contributed by atoms with E-state index in [-0.39, 0.29) is 12.4 Å². The highest BCUT2D eigenvalue weighted by atomic mass is 35.5. The predicted octanol–water partition coefficient (Wildman–Crippen LogP) is 3.23. The Morgan fingerprint density at radius 2 is 1.83 bits per heavy atom.